The normalized spacial score (nSPS) is 14.8. The Morgan fingerprint density at radius 3 is 2.48 bits per heavy atom. The van der Waals surface area contributed by atoms with E-state index in [1.807, 2.05) is 18.2 Å². The number of ether oxygens (including phenoxy) is 2. The summed E-state index contributed by atoms with van der Waals surface area (Å²) in [6, 6.07) is 12.2. The molecule has 0 saturated heterocycles. The van der Waals surface area contributed by atoms with Gasteiger partial charge in [-0.05, 0) is 48.2 Å². The molecule has 3 nitrogen and oxygen atoms in total. The third-order valence-electron chi connectivity index (χ3n) is 3.65. The Morgan fingerprint density at radius 2 is 1.71 bits per heavy atom. The Hall–Kier alpha value is -2.07. The van der Waals surface area contributed by atoms with Crippen LogP contribution in [0.25, 0.3) is 0 Å². The third-order valence-corrected chi connectivity index (χ3v) is 3.65. The first kappa shape index (κ1) is 13.9. The summed E-state index contributed by atoms with van der Waals surface area (Å²) < 4.78 is 24.0. The van der Waals surface area contributed by atoms with Crippen LogP contribution in [-0.2, 0) is 6.42 Å². The maximum atomic E-state index is 12.9. The second-order valence-corrected chi connectivity index (χ2v) is 5.17. The zero-order chi connectivity index (χ0) is 14.7. The molecule has 0 radical (unpaired) electrons. The Balaban J connectivity index is 1.63. The van der Waals surface area contributed by atoms with Gasteiger partial charge in [0.15, 0.2) is 11.5 Å². The monoisotopic (exact) mass is 287 g/mol. The molecule has 1 unspecified atom stereocenters. The Morgan fingerprint density at radius 1 is 1.00 bits per heavy atom. The fourth-order valence-corrected chi connectivity index (χ4v) is 2.44. The van der Waals surface area contributed by atoms with Crippen molar-refractivity contribution in [3.05, 3.63) is 59.4 Å². The van der Waals surface area contributed by atoms with E-state index < -0.39 is 0 Å². The zero-order valence-electron chi connectivity index (χ0n) is 11.7. The van der Waals surface area contributed by atoms with Gasteiger partial charge in [-0.25, -0.2) is 4.39 Å². The molecule has 1 aliphatic heterocycles. The number of nitrogens with two attached hydrogens (primary N) is 1. The molecule has 2 aromatic carbocycles. The van der Waals surface area contributed by atoms with E-state index in [0.29, 0.717) is 13.2 Å². The molecule has 0 aliphatic carbocycles. The minimum atomic E-state index is -0.238. The first-order valence-electron chi connectivity index (χ1n) is 7.12. The van der Waals surface area contributed by atoms with Crippen LogP contribution < -0.4 is 15.2 Å². The summed E-state index contributed by atoms with van der Waals surface area (Å²) in [5.74, 6) is 1.36. The van der Waals surface area contributed by atoms with Gasteiger partial charge in [-0.3, -0.25) is 0 Å². The second kappa shape index (κ2) is 6.14. The van der Waals surface area contributed by atoms with Gasteiger partial charge in [-0.15, -0.1) is 0 Å². The number of rotatable bonds is 4. The topological polar surface area (TPSA) is 44.5 Å². The van der Waals surface area contributed by atoms with Crippen LogP contribution in [0.2, 0.25) is 0 Å². The van der Waals surface area contributed by atoms with Gasteiger partial charge in [0.1, 0.15) is 19.0 Å². The van der Waals surface area contributed by atoms with Crippen molar-refractivity contribution >= 4 is 0 Å². The van der Waals surface area contributed by atoms with Crippen LogP contribution in [-0.4, -0.2) is 13.2 Å². The van der Waals surface area contributed by atoms with Gasteiger partial charge in [-0.1, -0.05) is 18.2 Å². The van der Waals surface area contributed by atoms with Crippen LogP contribution in [0.5, 0.6) is 11.5 Å². The molecule has 0 aromatic heterocycles. The predicted octanol–water partition coefficient (Wildman–Crippen LogP) is 3.23. The molecule has 110 valence electrons. The van der Waals surface area contributed by atoms with Crippen LogP contribution in [0, 0.1) is 5.82 Å². The summed E-state index contributed by atoms with van der Waals surface area (Å²) in [6.07, 6.45) is 1.64. The molecular weight excluding hydrogens is 269 g/mol. The quantitative estimate of drug-likeness (QED) is 0.939. The SMILES string of the molecule is NC(CCc1ccc2c(c1)OCCO2)c1ccc(F)cc1. The standard InChI is InChI=1S/C17H18FNO2/c18-14-5-3-13(4-6-14)15(19)7-1-12-2-8-16-17(11-12)21-10-9-20-16/h2-6,8,11,15H,1,7,9-10,19H2. The van der Waals surface area contributed by atoms with Gasteiger partial charge in [0.25, 0.3) is 0 Å². The summed E-state index contributed by atoms with van der Waals surface area (Å²) >= 11 is 0. The number of hydrogen-bond donors (Lipinski definition) is 1. The lowest BCUT2D eigenvalue weighted by Crippen LogP contribution is -2.15. The molecule has 2 N–H and O–H groups in total. The average molecular weight is 287 g/mol. The number of halogens is 1. The van der Waals surface area contributed by atoms with Crippen LogP contribution in [0.1, 0.15) is 23.6 Å². The highest BCUT2D eigenvalue weighted by molar-refractivity contribution is 5.43. The van der Waals surface area contributed by atoms with E-state index >= 15 is 0 Å². The largest absolute Gasteiger partial charge is 0.486 e. The zero-order valence-corrected chi connectivity index (χ0v) is 11.7. The molecular formula is C17H18FNO2. The van der Waals surface area contributed by atoms with E-state index in [4.69, 9.17) is 15.2 Å². The van der Waals surface area contributed by atoms with E-state index in [-0.39, 0.29) is 11.9 Å². The van der Waals surface area contributed by atoms with Gasteiger partial charge in [0, 0.05) is 6.04 Å². The number of hydrogen-bond acceptors (Lipinski definition) is 3. The average Bonchev–Trinajstić information content (AvgIpc) is 2.53. The minimum absolute atomic E-state index is 0.0983. The van der Waals surface area contributed by atoms with Crippen LogP contribution in [0.3, 0.4) is 0 Å². The van der Waals surface area contributed by atoms with Crippen LogP contribution in [0.15, 0.2) is 42.5 Å². The van der Waals surface area contributed by atoms with E-state index in [9.17, 15) is 4.39 Å². The highest BCUT2D eigenvalue weighted by Gasteiger charge is 2.12. The van der Waals surface area contributed by atoms with Crippen molar-refractivity contribution in [1.29, 1.82) is 0 Å². The molecule has 2 aromatic rings. The predicted molar refractivity (Wildman–Crippen MR) is 79.1 cm³/mol. The maximum absolute atomic E-state index is 12.9. The number of benzene rings is 2. The first-order valence-corrected chi connectivity index (χ1v) is 7.12. The van der Waals surface area contributed by atoms with Gasteiger partial charge >= 0.3 is 0 Å². The van der Waals surface area contributed by atoms with E-state index in [1.54, 1.807) is 12.1 Å². The Bertz CT molecular complexity index is 613. The summed E-state index contributed by atoms with van der Waals surface area (Å²) in [7, 11) is 0. The molecule has 1 atom stereocenters. The van der Waals surface area contributed by atoms with Crippen molar-refractivity contribution in [1.82, 2.24) is 0 Å². The molecule has 21 heavy (non-hydrogen) atoms. The van der Waals surface area contributed by atoms with Crippen molar-refractivity contribution in [2.24, 2.45) is 5.73 Å². The fourth-order valence-electron chi connectivity index (χ4n) is 2.44. The molecule has 1 heterocycles. The Kier molecular flexibility index (Phi) is 4.06. The number of aryl methyl sites for hydroxylation is 1. The number of fused-ring (bicyclic) bond motifs is 1. The molecule has 4 heteroatoms. The highest BCUT2D eigenvalue weighted by Crippen LogP contribution is 2.31. The van der Waals surface area contributed by atoms with Gasteiger partial charge < -0.3 is 15.2 Å². The summed E-state index contributed by atoms with van der Waals surface area (Å²) in [5, 5.41) is 0. The molecule has 0 spiro atoms. The Labute approximate surface area is 123 Å². The highest BCUT2D eigenvalue weighted by atomic mass is 19.1. The molecule has 1 aliphatic rings. The molecule has 0 fully saturated rings. The maximum Gasteiger partial charge on any atom is 0.161 e. The second-order valence-electron chi connectivity index (χ2n) is 5.17. The summed E-state index contributed by atoms with van der Waals surface area (Å²) in [5.41, 5.74) is 8.27. The van der Waals surface area contributed by atoms with Gasteiger partial charge in [0.2, 0.25) is 0 Å². The van der Waals surface area contributed by atoms with Crippen molar-refractivity contribution in [2.75, 3.05) is 13.2 Å². The first-order chi connectivity index (χ1) is 10.2. The molecule has 0 saturated carbocycles. The molecule has 3 rings (SSSR count). The lowest BCUT2D eigenvalue weighted by molar-refractivity contribution is 0.171. The summed E-state index contributed by atoms with van der Waals surface area (Å²) in [6.45, 7) is 1.19. The molecule has 0 amide bonds. The van der Waals surface area contributed by atoms with Crippen molar-refractivity contribution in [2.45, 2.75) is 18.9 Å². The van der Waals surface area contributed by atoms with Crippen LogP contribution in [0.4, 0.5) is 4.39 Å². The lowest BCUT2D eigenvalue weighted by atomic mass is 9.99. The van der Waals surface area contributed by atoms with Crippen LogP contribution >= 0.6 is 0 Å². The van der Waals surface area contributed by atoms with E-state index in [1.165, 1.54) is 12.1 Å². The van der Waals surface area contributed by atoms with Gasteiger partial charge in [-0.2, -0.15) is 0 Å². The molecule has 0 bridgehead atoms. The van der Waals surface area contributed by atoms with Crippen molar-refractivity contribution < 1.29 is 13.9 Å². The smallest absolute Gasteiger partial charge is 0.161 e. The van der Waals surface area contributed by atoms with E-state index in [0.717, 1.165) is 35.5 Å². The fraction of sp³-hybridized carbons (Fsp3) is 0.294. The summed E-state index contributed by atoms with van der Waals surface area (Å²) in [4.78, 5) is 0. The lowest BCUT2D eigenvalue weighted by Gasteiger charge is -2.19. The third kappa shape index (κ3) is 3.34. The van der Waals surface area contributed by atoms with E-state index in [2.05, 4.69) is 0 Å². The van der Waals surface area contributed by atoms with Gasteiger partial charge in [0.05, 0.1) is 0 Å². The van der Waals surface area contributed by atoms with Crippen molar-refractivity contribution in [3.8, 4) is 11.5 Å². The minimum Gasteiger partial charge on any atom is -0.486 e. The van der Waals surface area contributed by atoms with Crippen molar-refractivity contribution in [3.63, 3.8) is 0 Å².